The molecule has 0 aliphatic rings. The second-order valence-corrected chi connectivity index (χ2v) is 4.52. The van der Waals surface area contributed by atoms with Gasteiger partial charge in [0.2, 0.25) is 0 Å². The monoisotopic (exact) mass is 330 g/mol. The Morgan fingerprint density at radius 2 is 1.69 bits per heavy atom. The van der Waals surface area contributed by atoms with E-state index in [1.54, 1.807) is 0 Å². The van der Waals surface area contributed by atoms with E-state index in [1.165, 1.54) is 6.42 Å². The summed E-state index contributed by atoms with van der Waals surface area (Å²) < 4.78 is 0. The quantitative estimate of drug-likeness (QED) is 0.787. The van der Waals surface area contributed by atoms with E-state index < -0.39 is 5.97 Å². The Bertz CT molecular complexity index is 138. The molecule has 0 radical (unpaired) electrons. The first kappa shape index (κ1) is 16.2. The van der Waals surface area contributed by atoms with Crippen LogP contribution in [0, 0.1) is 45.4 Å². The van der Waals surface area contributed by atoms with Gasteiger partial charge in [-0.3, -0.25) is 4.79 Å². The molecule has 0 aliphatic heterocycles. The molecule has 0 rings (SSSR count). The third-order valence-corrected chi connectivity index (χ3v) is 1.82. The van der Waals surface area contributed by atoms with Crippen LogP contribution in [0.15, 0.2) is 0 Å². The number of rotatable bonds is 5. The normalized spacial score (nSPS) is 10.7. The number of aliphatic carboxylic acids is 1. The first-order chi connectivity index (χ1) is 5.42. The Balaban J connectivity index is 0. The summed E-state index contributed by atoms with van der Waals surface area (Å²) in [5.41, 5.74) is 0.392. The molecular weight excluding hydrogens is 309 g/mol. The maximum absolute atomic E-state index is 10.2. The van der Waals surface area contributed by atoms with Crippen molar-refractivity contribution < 1.29 is 49.8 Å². The van der Waals surface area contributed by atoms with Crippen LogP contribution >= 0.6 is 0 Å². The Morgan fingerprint density at radius 3 is 2.08 bits per heavy atom. The average molecular weight is 330 g/mol. The second-order valence-electron chi connectivity index (χ2n) is 4.52. The molecule has 0 spiro atoms. The predicted octanol–water partition coefficient (Wildman–Crippen LogP) is 3.07. The van der Waals surface area contributed by atoms with Crippen molar-refractivity contribution in [2.45, 2.75) is 52.9 Å². The van der Waals surface area contributed by atoms with E-state index in [2.05, 4.69) is 20.8 Å². The minimum atomic E-state index is -0.675. The molecule has 0 fully saturated rings. The van der Waals surface area contributed by atoms with Crippen LogP contribution in [0.2, 0.25) is 0 Å². The minimum absolute atomic E-state index is 0. The van der Waals surface area contributed by atoms with Gasteiger partial charge in [0.1, 0.15) is 0 Å². The van der Waals surface area contributed by atoms with Crippen molar-refractivity contribution in [3.05, 3.63) is 0 Å². The zero-order valence-corrected chi connectivity index (χ0v) is 11.0. The van der Waals surface area contributed by atoms with Crippen molar-refractivity contribution in [1.82, 2.24) is 0 Å². The van der Waals surface area contributed by atoms with E-state index >= 15 is 0 Å². The zero-order valence-electron chi connectivity index (χ0n) is 8.74. The summed E-state index contributed by atoms with van der Waals surface area (Å²) in [5.74, 6) is -0.675. The third-order valence-electron chi connectivity index (χ3n) is 1.82. The van der Waals surface area contributed by atoms with Gasteiger partial charge in [-0.15, -0.1) is 0 Å². The molecule has 0 atom stereocenters. The van der Waals surface area contributed by atoms with Crippen LogP contribution in [-0.4, -0.2) is 11.1 Å². The molecule has 1 N–H and O–H groups in total. The maximum Gasteiger partial charge on any atom is 0.303 e. The van der Waals surface area contributed by atoms with Gasteiger partial charge in [-0.05, 0) is 18.3 Å². The molecule has 0 amide bonds. The van der Waals surface area contributed by atoms with E-state index in [-0.39, 0.29) is 39.9 Å². The first-order valence-corrected chi connectivity index (χ1v) is 4.63. The Hall–Kier alpha value is 0.795. The Labute approximate surface area is 113 Å². The standard InChI is InChI=1S/C10H20O2.Gd/c1-10(2,3)8-6-4-5-7-9(11)12;/h4-8H2,1-3H3,(H,11,12);. The largest absolute Gasteiger partial charge is 0.481 e. The van der Waals surface area contributed by atoms with Crippen LogP contribution in [0.25, 0.3) is 0 Å². The van der Waals surface area contributed by atoms with Gasteiger partial charge in [0.25, 0.3) is 0 Å². The minimum Gasteiger partial charge on any atom is -0.481 e. The molecule has 0 aromatic carbocycles. The topological polar surface area (TPSA) is 37.3 Å². The number of hydrogen-bond acceptors (Lipinski definition) is 1. The fourth-order valence-corrected chi connectivity index (χ4v) is 1.11. The van der Waals surface area contributed by atoms with Gasteiger partial charge >= 0.3 is 5.97 Å². The number of carboxylic acid groups (broad SMARTS) is 1. The van der Waals surface area contributed by atoms with Crippen molar-refractivity contribution in [3.63, 3.8) is 0 Å². The number of unbranched alkanes of at least 4 members (excludes halogenated alkanes) is 2. The van der Waals surface area contributed by atoms with E-state index in [4.69, 9.17) is 5.11 Å². The van der Waals surface area contributed by atoms with Crippen molar-refractivity contribution in [2.24, 2.45) is 5.41 Å². The molecular formula is C10H20GdO2. The van der Waals surface area contributed by atoms with Gasteiger partial charge in [0.15, 0.2) is 0 Å². The molecule has 0 saturated carbocycles. The van der Waals surface area contributed by atoms with Crippen molar-refractivity contribution >= 4 is 5.97 Å². The van der Waals surface area contributed by atoms with Crippen LogP contribution in [0.4, 0.5) is 0 Å². The summed E-state index contributed by atoms with van der Waals surface area (Å²) in [5, 5.41) is 8.37. The molecule has 0 bridgehead atoms. The number of carbonyl (C=O) groups is 1. The average Bonchev–Trinajstić information content (AvgIpc) is 1.83. The second kappa shape index (κ2) is 8.13. The molecule has 0 aromatic rings. The summed E-state index contributed by atoms with van der Waals surface area (Å²) in [7, 11) is 0. The molecule has 80 valence electrons. The molecule has 0 aliphatic carbocycles. The summed E-state index contributed by atoms with van der Waals surface area (Å²) in [6.45, 7) is 6.64. The van der Waals surface area contributed by atoms with Gasteiger partial charge in [0.05, 0.1) is 0 Å². The molecule has 0 unspecified atom stereocenters. The van der Waals surface area contributed by atoms with Crippen molar-refractivity contribution in [1.29, 1.82) is 0 Å². The van der Waals surface area contributed by atoms with Crippen LogP contribution in [0.1, 0.15) is 52.9 Å². The SMILES string of the molecule is CC(C)(C)CCCCCC(=O)O.[Gd]. The van der Waals surface area contributed by atoms with Crippen molar-refractivity contribution in [3.8, 4) is 0 Å². The molecule has 0 heterocycles. The Kier molecular flexibility index (Phi) is 10.2. The van der Waals surface area contributed by atoms with Crippen molar-refractivity contribution in [2.75, 3.05) is 0 Å². The molecule has 13 heavy (non-hydrogen) atoms. The zero-order chi connectivity index (χ0) is 9.61. The molecule has 0 aromatic heterocycles. The smallest absolute Gasteiger partial charge is 0.303 e. The summed E-state index contributed by atoms with van der Waals surface area (Å²) in [6, 6.07) is 0. The van der Waals surface area contributed by atoms with E-state index in [1.807, 2.05) is 0 Å². The summed E-state index contributed by atoms with van der Waals surface area (Å²) in [4.78, 5) is 10.2. The number of hydrogen-bond donors (Lipinski definition) is 1. The first-order valence-electron chi connectivity index (χ1n) is 4.63. The maximum atomic E-state index is 10.2. The van der Waals surface area contributed by atoms with E-state index in [9.17, 15) is 4.79 Å². The van der Waals surface area contributed by atoms with Crippen LogP contribution in [0.3, 0.4) is 0 Å². The fraction of sp³-hybridized carbons (Fsp3) is 0.900. The van der Waals surface area contributed by atoms with Gasteiger partial charge < -0.3 is 5.11 Å². The Morgan fingerprint density at radius 1 is 1.15 bits per heavy atom. The fourth-order valence-electron chi connectivity index (χ4n) is 1.11. The van der Waals surface area contributed by atoms with Gasteiger partial charge in [-0.1, -0.05) is 33.6 Å². The molecule has 0 saturated heterocycles. The predicted molar refractivity (Wildman–Crippen MR) is 50.2 cm³/mol. The molecule has 2 nitrogen and oxygen atoms in total. The third kappa shape index (κ3) is 15.5. The summed E-state index contributed by atoms with van der Waals surface area (Å²) >= 11 is 0. The molecule has 3 heteroatoms. The van der Waals surface area contributed by atoms with Gasteiger partial charge in [-0.25, -0.2) is 0 Å². The van der Waals surface area contributed by atoms with Crippen LogP contribution < -0.4 is 0 Å². The van der Waals surface area contributed by atoms with E-state index in [0.29, 0.717) is 11.8 Å². The summed E-state index contributed by atoms with van der Waals surface area (Å²) in [6.07, 6.45) is 4.53. The van der Waals surface area contributed by atoms with E-state index in [0.717, 1.165) is 19.3 Å². The van der Waals surface area contributed by atoms with Crippen LogP contribution in [0.5, 0.6) is 0 Å². The number of carboxylic acids is 1. The van der Waals surface area contributed by atoms with Gasteiger partial charge in [-0.2, -0.15) is 0 Å². The van der Waals surface area contributed by atoms with Crippen LogP contribution in [-0.2, 0) is 4.79 Å². The van der Waals surface area contributed by atoms with Gasteiger partial charge in [0, 0.05) is 46.4 Å².